The Hall–Kier alpha value is -2.05. The third-order valence-corrected chi connectivity index (χ3v) is 3.09. The van der Waals surface area contributed by atoms with Gasteiger partial charge in [0.05, 0.1) is 13.0 Å². The van der Waals surface area contributed by atoms with Gasteiger partial charge in [0.25, 0.3) is 5.91 Å². The van der Waals surface area contributed by atoms with Crippen LogP contribution in [0.15, 0.2) is 6.07 Å². The molecule has 1 saturated heterocycles. The van der Waals surface area contributed by atoms with Crippen molar-refractivity contribution in [2.45, 2.75) is 6.42 Å². The Labute approximate surface area is 104 Å². The van der Waals surface area contributed by atoms with Crippen molar-refractivity contribution in [3.05, 3.63) is 11.8 Å². The Bertz CT molecular complexity index is 483. The van der Waals surface area contributed by atoms with E-state index in [9.17, 15) is 9.59 Å². The quantitative estimate of drug-likeness (QED) is 0.818. The minimum Gasteiger partial charge on any atom is -0.481 e. The van der Waals surface area contributed by atoms with Crippen molar-refractivity contribution in [1.82, 2.24) is 14.7 Å². The first-order chi connectivity index (χ1) is 8.52. The van der Waals surface area contributed by atoms with Crippen molar-refractivity contribution >= 4 is 11.9 Å². The van der Waals surface area contributed by atoms with Crippen LogP contribution in [-0.2, 0) is 11.8 Å². The Kier molecular flexibility index (Phi) is 3.22. The van der Waals surface area contributed by atoms with Crippen LogP contribution in [0.1, 0.15) is 16.9 Å². The molecule has 2 rings (SSSR count). The third kappa shape index (κ3) is 2.15. The van der Waals surface area contributed by atoms with E-state index in [-0.39, 0.29) is 18.1 Å². The summed E-state index contributed by atoms with van der Waals surface area (Å²) in [7, 11) is 3.18. The number of ether oxygens (including phenoxy) is 1. The van der Waals surface area contributed by atoms with Gasteiger partial charge in [0.2, 0.25) is 5.88 Å². The molecular formula is C11H15N3O4. The largest absolute Gasteiger partial charge is 0.481 e. The van der Waals surface area contributed by atoms with Gasteiger partial charge >= 0.3 is 5.97 Å². The number of rotatable bonds is 3. The Morgan fingerprint density at radius 3 is 2.78 bits per heavy atom. The summed E-state index contributed by atoms with van der Waals surface area (Å²) in [5.74, 6) is -1.09. The van der Waals surface area contributed by atoms with Gasteiger partial charge in [-0.2, -0.15) is 5.10 Å². The predicted molar refractivity (Wildman–Crippen MR) is 61.4 cm³/mol. The zero-order valence-electron chi connectivity index (χ0n) is 10.3. The lowest BCUT2D eigenvalue weighted by molar-refractivity contribution is -0.141. The van der Waals surface area contributed by atoms with Crippen LogP contribution in [0.4, 0.5) is 0 Å². The normalized spacial score (nSPS) is 19.0. The van der Waals surface area contributed by atoms with Crippen LogP contribution in [0.3, 0.4) is 0 Å². The van der Waals surface area contributed by atoms with Crippen LogP contribution in [0.2, 0.25) is 0 Å². The predicted octanol–water partition coefficient (Wildman–Crippen LogP) is -0.0246. The molecule has 0 bridgehead atoms. The number of amides is 1. The van der Waals surface area contributed by atoms with Crippen LogP contribution in [0.25, 0.3) is 0 Å². The van der Waals surface area contributed by atoms with E-state index in [1.165, 1.54) is 16.7 Å². The van der Waals surface area contributed by atoms with Gasteiger partial charge in [-0.25, -0.2) is 4.68 Å². The molecular weight excluding hydrogens is 238 g/mol. The van der Waals surface area contributed by atoms with Crippen molar-refractivity contribution in [3.8, 4) is 5.88 Å². The number of methoxy groups -OCH3 is 1. The minimum absolute atomic E-state index is 0.243. The molecule has 0 radical (unpaired) electrons. The SMILES string of the molecule is COc1cc(C(=O)N2CCC(C(=O)O)C2)nn1C. The topological polar surface area (TPSA) is 84.7 Å². The van der Waals surface area contributed by atoms with E-state index in [0.717, 1.165) is 0 Å². The van der Waals surface area contributed by atoms with E-state index >= 15 is 0 Å². The number of carboxylic acid groups (broad SMARTS) is 1. The van der Waals surface area contributed by atoms with Crippen LogP contribution in [0.5, 0.6) is 5.88 Å². The second kappa shape index (κ2) is 4.67. The maximum atomic E-state index is 12.1. The maximum absolute atomic E-state index is 12.1. The highest BCUT2D eigenvalue weighted by Crippen LogP contribution is 2.20. The molecule has 1 aliphatic rings. The summed E-state index contributed by atoms with van der Waals surface area (Å²) in [6.45, 7) is 0.696. The molecule has 0 aliphatic carbocycles. The van der Waals surface area contributed by atoms with Crippen molar-refractivity contribution in [3.63, 3.8) is 0 Å². The summed E-state index contributed by atoms with van der Waals surface area (Å²) < 4.78 is 6.50. The molecule has 0 aromatic carbocycles. The zero-order valence-corrected chi connectivity index (χ0v) is 10.3. The number of hydrogen-bond donors (Lipinski definition) is 1. The summed E-state index contributed by atoms with van der Waals surface area (Å²) in [5.41, 5.74) is 0.278. The van der Waals surface area contributed by atoms with E-state index in [1.807, 2.05) is 0 Å². The number of aromatic nitrogens is 2. The third-order valence-electron chi connectivity index (χ3n) is 3.09. The number of carbonyl (C=O) groups excluding carboxylic acids is 1. The molecule has 1 aromatic heterocycles. The second-order valence-electron chi connectivity index (χ2n) is 4.27. The molecule has 2 heterocycles. The molecule has 1 aromatic rings. The first-order valence-corrected chi connectivity index (χ1v) is 5.63. The number of aryl methyl sites for hydroxylation is 1. The number of likely N-dealkylation sites (tertiary alicyclic amines) is 1. The summed E-state index contributed by atoms with van der Waals surface area (Å²) in [6.07, 6.45) is 0.491. The van der Waals surface area contributed by atoms with E-state index in [4.69, 9.17) is 9.84 Å². The smallest absolute Gasteiger partial charge is 0.308 e. The standard InChI is InChI=1S/C11H15N3O4/c1-13-9(18-2)5-8(12-13)10(15)14-4-3-7(6-14)11(16)17/h5,7H,3-4,6H2,1-2H3,(H,16,17). The number of carboxylic acids is 1. The van der Waals surface area contributed by atoms with Crippen molar-refractivity contribution < 1.29 is 19.4 Å². The Morgan fingerprint density at radius 1 is 1.56 bits per heavy atom. The lowest BCUT2D eigenvalue weighted by Gasteiger charge is -2.13. The van der Waals surface area contributed by atoms with Crippen molar-refractivity contribution in [2.24, 2.45) is 13.0 Å². The Balaban J connectivity index is 2.10. The van der Waals surface area contributed by atoms with Crippen molar-refractivity contribution in [2.75, 3.05) is 20.2 Å². The summed E-state index contributed by atoms with van der Waals surface area (Å²) in [5, 5.41) is 12.9. The molecule has 1 fully saturated rings. The number of carbonyl (C=O) groups is 2. The number of hydrogen-bond acceptors (Lipinski definition) is 4. The van der Waals surface area contributed by atoms with Gasteiger partial charge in [0.1, 0.15) is 0 Å². The molecule has 7 heteroatoms. The molecule has 98 valence electrons. The fraction of sp³-hybridized carbons (Fsp3) is 0.545. The highest BCUT2D eigenvalue weighted by Gasteiger charge is 2.32. The van der Waals surface area contributed by atoms with Gasteiger partial charge in [-0.1, -0.05) is 0 Å². The zero-order chi connectivity index (χ0) is 13.3. The van der Waals surface area contributed by atoms with Gasteiger partial charge in [-0.3, -0.25) is 9.59 Å². The maximum Gasteiger partial charge on any atom is 0.308 e. The van der Waals surface area contributed by atoms with Gasteiger partial charge in [-0.05, 0) is 6.42 Å². The van der Waals surface area contributed by atoms with Crippen LogP contribution in [0, 0.1) is 5.92 Å². The summed E-state index contributed by atoms with van der Waals surface area (Å²) >= 11 is 0. The van der Waals surface area contributed by atoms with Crippen LogP contribution < -0.4 is 4.74 Å². The molecule has 7 nitrogen and oxygen atoms in total. The lowest BCUT2D eigenvalue weighted by atomic mass is 10.1. The molecule has 1 amide bonds. The molecule has 1 atom stereocenters. The molecule has 1 N–H and O–H groups in total. The molecule has 0 spiro atoms. The minimum atomic E-state index is -0.857. The monoisotopic (exact) mass is 253 g/mol. The fourth-order valence-corrected chi connectivity index (χ4v) is 2.05. The average molecular weight is 253 g/mol. The van der Waals surface area contributed by atoms with E-state index in [0.29, 0.717) is 18.8 Å². The Morgan fingerprint density at radius 2 is 2.28 bits per heavy atom. The van der Waals surface area contributed by atoms with Gasteiger partial charge in [0, 0.05) is 26.2 Å². The van der Waals surface area contributed by atoms with Crippen molar-refractivity contribution in [1.29, 1.82) is 0 Å². The highest BCUT2D eigenvalue weighted by molar-refractivity contribution is 5.93. The van der Waals surface area contributed by atoms with Gasteiger partial charge in [-0.15, -0.1) is 0 Å². The lowest BCUT2D eigenvalue weighted by Crippen LogP contribution is -2.30. The van der Waals surface area contributed by atoms with Crippen LogP contribution in [-0.4, -0.2) is 51.9 Å². The second-order valence-corrected chi connectivity index (χ2v) is 4.27. The van der Waals surface area contributed by atoms with E-state index in [1.54, 1.807) is 13.1 Å². The first-order valence-electron chi connectivity index (χ1n) is 5.63. The summed E-state index contributed by atoms with van der Waals surface area (Å²) in [4.78, 5) is 24.4. The van der Waals surface area contributed by atoms with Gasteiger partial charge < -0.3 is 14.7 Å². The molecule has 0 saturated carbocycles. The molecule has 1 unspecified atom stereocenters. The number of nitrogens with zero attached hydrogens (tertiary/aromatic N) is 3. The molecule has 18 heavy (non-hydrogen) atoms. The number of aliphatic carboxylic acids is 1. The average Bonchev–Trinajstić information content (AvgIpc) is 2.94. The highest BCUT2D eigenvalue weighted by atomic mass is 16.5. The first kappa shape index (κ1) is 12.4. The fourth-order valence-electron chi connectivity index (χ4n) is 2.05. The van der Waals surface area contributed by atoms with E-state index in [2.05, 4.69) is 5.10 Å². The summed E-state index contributed by atoms with van der Waals surface area (Å²) in [6, 6.07) is 1.55. The van der Waals surface area contributed by atoms with Gasteiger partial charge in [0.15, 0.2) is 5.69 Å². The van der Waals surface area contributed by atoms with Crippen LogP contribution >= 0.6 is 0 Å². The van der Waals surface area contributed by atoms with E-state index < -0.39 is 11.9 Å². The molecule has 1 aliphatic heterocycles.